The maximum Gasteiger partial charge on any atom is 0.294 e. The van der Waals surface area contributed by atoms with Gasteiger partial charge in [-0.3, -0.25) is 4.79 Å². The van der Waals surface area contributed by atoms with Crippen molar-refractivity contribution in [3.8, 4) is 28.6 Å². The Morgan fingerprint density at radius 2 is 1.82 bits per heavy atom. The first-order chi connectivity index (χ1) is 18.6. The van der Waals surface area contributed by atoms with Gasteiger partial charge in [0.15, 0.2) is 17.2 Å². The highest BCUT2D eigenvalue weighted by atomic mass is 16.6. The normalized spacial score (nSPS) is 11.0. The first-order valence-electron chi connectivity index (χ1n) is 11.4. The number of hydrogen-bond donors (Lipinski definition) is 2. The minimum atomic E-state index is -0.587. The number of carbonyl (C=O) groups is 1. The Balaban J connectivity index is 1.33. The number of benzene rings is 3. The number of hydrazone groups is 1. The summed E-state index contributed by atoms with van der Waals surface area (Å²) in [5.41, 5.74) is 11.1. The van der Waals surface area contributed by atoms with E-state index in [4.69, 9.17) is 15.2 Å². The third-order valence-electron chi connectivity index (χ3n) is 5.43. The average molecular weight is 511 g/mol. The van der Waals surface area contributed by atoms with E-state index in [1.807, 2.05) is 48.5 Å². The number of anilines is 1. The number of nitrogen functional groups attached to an aromatic ring is 1. The number of amides is 1. The molecule has 1 amide bonds. The van der Waals surface area contributed by atoms with Gasteiger partial charge >= 0.3 is 0 Å². The first-order valence-corrected chi connectivity index (χ1v) is 11.4. The number of ether oxygens (including phenoxy) is 2. The third kappa shape index (κ3) is 5.18. The summed E-state index contributed by atoms with van der Waals surface area (Å²) in [6.45, 7) is 0.404. The fourth-order valence-electron chi connectivity index (χ4n) is 3.61. The molecular formula is C26H22N8O4. The highest BCUT2D eigenvalue weighted by molar-refractivity contribution is 5.98. The average Bonchev–Trinajstić information content (AvgIpc) is 3.59. The molecule has 3 N–H and O–H groups in total. The summed E-state index contributed by atoms with van der Waals surface area (Å²) in [6.07, 6.45) is 1.48. The van der Waals surface area contributed by atoms with Crippen LogP contribution in [0.5, 0.6) is 11.5 Å². The molecule has 0 bridgehead atoms. The second kappa shape index (κ2) is 11.0. The maximum absolute atomic E-state index is 13.0. The van der Waals surface area contributed by atoms with Gasteiger partial charge in [-0.05, 0) is 39.6 Å². The maximum atomic E-state index is 13.0. The van der Waals surface area contributed by atoms with E-state index in [2.05, 4.69) is 35.8 Å². The number of methoxy groups -OCH3 is 1. The number of hydrogen-bond acceptors (Lipinski definition) is 10. The summed E-state index contributed by atoms with van der Waals surface area (Å²) in [7, 11) is 1.55. The van der Waals surface area contributed by atoms with Crippen LogP contribution in [0.4, 0.5) is 5.82 Å². The summed E-state index contributed by atoms with van der Waals surface area (Å²) >= 11 is 0. The molecule has 0 saturated carbocycles. The predicted octanol–water partition coefficient (Wildman–Crippen LogP) is 3.25. The largest absolute Gasteiger partial charge is 0.493 e. The second-order valence-electron chi connectivity index (χ2n) is 7.92. The van der Waals surface area contributed by atoms with Gasteiger partial charge in [0, 0.05) is 5.56 Å². The summed E-state index contributed by atoms with van der Waals surface area (Å²) in [6, 6.07) is 24.2. The second-order valence-corrected chi connectivity index (χ2v) is 7.92. The Morgan fingerprint density at radius 3 is 2.53 bits per heavy atom. The zero-order valence-electron chi connectivity index (χ0n) is 20.2. The van der Waals surface area contributed by atoms with Gasteiger partial charge in [-0.2, -0.15) is 9.78 Å². The molecule has 3 aromatic carbocycles. The number of carbonyl (C=O) groups excluding carboxylic acids is 1. The van der Waals surface area contributed by atoms with Crippen LogP contribution in [0.25, 0.3) is 17.1 Å². The Morgan fingerprint density at radius 1 is 1.05 bits per heavy atom. The fraction of sp³-hybridized carbons (Fsp3) is 0.0769. The highest BCUT2D eigenvalue weighted by Crippen LogP contribution is 2.29. The first kappa shape index (κ1) is 24.2. The van der Waals surface area contributed by atoms with Gasteiger partial charge < -0.3 is 15.2 Å². The van der Waals surface area contributed by atoms with Gasteiger partial charge in [-0.15, -0.1) is 5.10 Å². The molecular weight excluding hydrogens is 488 g/mol. The van der Waals surface area contributed by atoms with Crippen molar-refractivity contribution in [1.82, 2.24) is 30.7 Å². The number of nitrogens with zero attached hydrogens (tertiary/aromatic N) is 6. The number of rotatable bonds is 9. The Hall–Kier alpha value is -5.52. The highest BCUT2D eigenvalue weighted by Gasteiger charge is 2.25. The molecule has 12 heteroatoms. The van der Waals surface area contributed by atoms with Crippen molar-refractivity contribution in [2.45, 2.75) is 6.61 Å². The summed E-state index contributed by atoms with van der Waals surface area (Å²) in [5, 5.41) is 19.5. The minimum Gasteiger partial charge on any atom is -0.493 e. The van der Waals surface area contributed by atoms with Crippen LogP contribution >= 0.6 is 0 Å². The van der Waals surface area contributed by atoms with Crippen LogP contribution < -0.4 is 20.6 Å². The van der Waals surface area contributed by atoms with E-state index in [9.17, 15) is 4.79 Å². The Kier molecular flexibility index (Phi) is 7.02. The lowest BCUT2D eigenvalue weighted by atomic mass is 10.1. The number of nitrogens with one attached hydrogen (secondary N) is 1. The molecule has 0 aliphatic carbocycles. The van der Waals surface area contributed by atoms with Crippen molar-refractivity contribution < 1.29 is 18.9 Å². The van der Waals surface area contributed by atoms with E-state index in [0.717, 1.165) is 5.56 Å². The van der Waals surface area contributed by atoms with E-state index in [1.54, 1.807) is 37.4 Å². The SMILES string of the molecule is COc1cc(/C=N/NC(=O)c2nnn(-c3nonc3N)c2-c2ccccc2)ccc1OCc1ccccc1. The smallest absolute Gasteiger partial charge is 0.294 e. The van der Waals surface area contributed by atoms with Crippen molar-refractivity contribution in [2.75, 3.05) is 12.8 Å². The number of aromatic nitrogens is 5. The summed E-state index contributed by atoms with van der Waals surface area (Å²) in [4.78, 5) is 13.0. The van der Waals surface area contributed by atoms with E-state index in [1.165, 1.54) is 10.9 Å². The molecule has 0 radical (unpaired) electrons. The molecule has 0 atom stereocenters. The van der Waals surface area contributed by atoms with Crippen molar-refractivity contribution >= 4 is 17.9 Å². The van der Waals surface area contributed by atoms with E-state index >= 15 is 0 Å². The molecule has 0 saturated heterocycles. The van der Waals surface area contributed by atoms with Crippen LogP contribution in [0.1, 0.15) is 21.6 Å². The monoisotopic (exact) mass is 510 g/mol. The van der Waals surface area contributed by atoms with Gasteiger partial charge in [0.25, 0.3) is 5.91 Å². The molecule has 0 aliphatic heterocycles. The van der Waals surface area contributed by atoms with Crippen molar-refractivity contribution in [3.63, 3.8) is 0 Å². The van der Waals surface area contributed by atoms with Gasteiger partial charge in [0.2, 0.25) is 11.6 Å². The van der Waals surface area contributed by atoms with Crippen LogP contribution in [0.15, 0.2) is 88.6 Å². The Bertz CT molecular complexity index is 1560. The zero-order chi connectivity index (χ0) is 26.3. The molecule has 38 heavy (non-hydrogen) atoms. The molecule has 12 nitrogen and oxygen atoms in total. The third-order valence-corrected chi connectivity index (χ3v) is 5.43. The van der Waals surface area contributed by atoms with Gasteiger partial charge in [-0.25, -0.2) is 10.1 Å². The molecule has 2 heterocycles. The van der Waals surface area contributed by atoms with Crippen LogP contribution in [0.2, 0.25) is 0 Å². The molecule has 2 aromatic heterocycles. The topological polar surface area (TPSA) is 156 Å². The quantitative estimate of drug-likeness (QED) is 0.224. The fourth-order valence-corrected chi connectivity index (χ4v) is 3.61. The van der Waals surface area contributed by atoms with Gasteiger partial charge in [0.1, 0.15) is 12.3 Å². The van der Waals surface area contributed by atoms with E-state index in [-0.39, 0.29) is 17.3 Å². The standard InChI is InChI=1S/C26H22N8O4/c1-36-21-14-18(12-13-20(21)37-16-17-8-4-2-5-9-17)15-28-30-26(35)22-23(19-10-6-3-7-11-19)34(33-29-22)25-24(27)31-38-32-25/h2-15H,16H2,1H3,(H2,27,31)(H,30,35)/b28-15+. The van der Waals surface area contributed by atoms with Crippen LogP contribution in [-0.4, -0.2) is 44.5 Å². The lowest BCUT2D eigenvalue weighted by molar-refractivity contribution is 0.0950. The molecule has 0 unspecified atom stereocenters. The minimum absolute atomic E-state index is 0.00204. The number of nitrogens with two attached hydrogens (primary N) is 1. The van der Waals surface area contributed by atoms with Crippen molar-refractivity contribution in [2.24, 2.45) is 5.10 Å². The molecule has 0 spiro atoms. The molecule has 5 rings (SSSR count). The van der Waals surface area contributed by atoms with Gasteiger partial charge in [0.05, 0.1) is 13.3 Å². The lowest BCUT2D eigenvalue weighted by Gasteiger charge is -2.11. The molecule has 5 aromatic rings. The van der Waals surface area contributed by atoms with Crippen LogP contribution in [0.3, 0.4) is 0 Å². The van der Waals surface area contributed by atoms with Crippen molar-refractivity contribution in [3.05, 3.63) is 95.7 Å². The van der Waals surface area contributed by atoms with Crippen molar-refractivity contribution in [1.29, 1.82) is 0 Å². The molecule has 190 valence electrons. The predicted molar refractivity (Wildman–Crippen MR) is 138 cm³/mol. The summed E-state index contributed by atoms with van der Waals surface area (Å²) in [5.74, 6) is 0.645. The lowest BCUT2D eigenvalue weighted by Crippen LogP contribution is -2.19. The van der Waals surface area contributed by atoms with Crippen LogP contribution in [0, 0.1) is 0 Å². The van der Waals surface area contributed by atoms with E-state index < -0.39 is 5.91 Å². The summed E-state index contributed by atoms with van der Waals surface area (Å²) < 4.78 is 17.3. The van der Waals surface area contributed by atoms with E-state index in [0.29, 0.717) is 34.9 Å². The molecule has 0 fully saturated rings. The Labute approximate surface area is 216 Å². The van der Waals surface area contributed by atoms with Crippen LogP contribution in [-0.2, 0) is 6.61 Å². The zero-order valence-corrected chi connectivity index (χ0v) is 20.2. The molecule has 0 aliphatic rings. The van der Waals surface area contributed by atoms with Gasteiger partial charge in [-0.1, -0.05) is 65.9 Å².